The molecule has 0 spiro atoms. The molecule has 0 radical (unpaired) electrons. The lowest BCUT2D eigenvalue weighted by Gasteiger charge is -2.32. The first kappa shape index (κ1) is 22.3. The second kappa shape index (κ2) is 9.47. The molecule has 1 aliphatic rings. The number of benzene rings is 1. The molecule has 1 heterocycles. The van der Waals surface area contributed by atoms with Gasteiger partial charge in [-0.1, -0.05) is 23.2 Å². The summed E-state index contributed by atoms with van der Waals surface area (Å²) in [6, 6.07) is 4.73. The van der Waals surface area contributed by atoms with Crippen molar-refractivity contribution in [3.63, 3.8) is 0 Å². The van der Waals surface area contributed by atoms with E-state index in [-0.39, 0.29) is 24.4 Å². The number of halogens is 2. The molecule has 1 aromatic rings. The van der Waals surface area contributed by atoms with Crippen molar-refractivity contribution in [2.75, 3.05) is 19.6 Å². The molecule has 0 bridgehead atoms. The Kier molecular flexibility index (Phi) is 7.55. The third-order valence-electron chi connectivity index (χ3n) is 4.10. The molecular weight excluding hydrogens is 405 g/mol. The molecule has 0 unspecified atom stereocenters. The van der Waals surface area contributed by atoms with Crippen molar-refractivity contribution in [1.29, 1.82) is 0 Å². The fraction of sp³-hybridized carbons (Fsp3) is 0.526. The number of alkyl carbamates (subject to hydrolysis) is 1. The summed E-state index contributed by atoms with van der Waals surface area (Å²) in [5.41, 5.74) is -0.206. The third-order valence-corrected chi connectivity index (χ3v) is 4.65. The lowest BCUT2D eigenvalue weighted by molar-refractivity contribution is -0.121. The smallest absolute Gasteiger partial charge is 0.408 e. The van der Waals surface area contributed by atoms with E-state index in [1.807, 2.05) is 0 Å². The molecule has 1 fully saturated rings. The van der Waals surface area contributed by atoms with E-state index < -0.39 is 11.7 Å². The zero-order valence-corrected chi connectivity index (χ0v) is 17.7. The summed E-state index contributed by atoms with van der Waals surface area (Å²) in [6.45, 7) is 6.09. The van der Waals surface area contributed by atoms with Gasteiger partial charge in [0.15, 0.2) is 0 Å². The maximum absolute atomic E-state index is 12.6. The van der Waals surface area contributed by atoms with E-state index in [0.717, 1.165) is 0 Å². The number of carbonyl (C=O) groups excluding carboxylic acids is 3. The number of nitrogens with one attached hydrogen (secondary N) is 2. The first-order valence-electron chi connectivity index (χ1n) is 9.05. The van der Waals surface area contributed by atoms with Gasteiger partial charge in [-0.05, 0) is 51.8 Å². The Labute approximate surface area is 174 Å². The Morgan fingerprint density at radius 3 is 2.39 bits per heavy atom. The molecule has 0 aromatic heterocycles. The van der Waals surface area contributed by atoms with Crippen molar-refractivity contribution >= 4 is 41.1 Å². The summed E-state index contributed by atoms with van der Waals surface area (Å²) in [5.74, 6) is -0.450. The van der Waals surface area contributed by atoms with Crippen LogP contribution in [0.4, 0.5) is 4.79 Å². The summed E-state index contributed by atoms with van der Waals surface area (Å²) in [5, 5.41) is 6.08. The van der Waals surface area contributed by atoms with E-state index in [0.29, 0.717) is 41.5 Å². The number of hydrogen-bond donors (Lipinski definition) is 2. The van der Waals surface area contributed by atoms with E-state index >= 15 is 0 Å². The average molecular weight is 430 g/mol. The molecule has 0 atom stereocenters. The van der Waals surface area contributed by atoms with E-state index in [1.165, 1.54) is 0 Å². The first-order valence-corrected chi connectivity index (χ1v) is 9.81. The molecule has 154 valence electrons. The van der Waals surface area contributed by atoms with Gasteiger partial charge in [0, 0.05) is 24.2 Å². The molecular formula is C19H25Cl2N3O4. The maximum atomic E-state index is 12.6. The summed E-state index contributed by atoms with van der Waals surface area (Å²) < 4.78 is 5.08. The number of piperidine rings is 1. The second-order valence-corrected chi connectivity index (χ2v) is 8.46. The molecule has 3 amide bonds. The fourth-order valence-corrected chi connectivity index (χ4v) is 3.29. The summed E-state index contributed by atoms with van der Waals surface area (Å²) >= 11 is 12.0. The third kappa shape index (κ3) is 6.87. The Morgan fingerprint density at radius 1 is 1.18 bits per heavy atom. The van der Waals surface area contributed by atoms with Gasteiger partial charge in [-0.15, -0.1) is 0 Å². The lowest BCUT2D eigenvalue weighted by atomic mass is 10.0. The number of rotatable bonds is 4. The predicted molar refractivity (Wildman–Crippen MR) is 108 cm³/mol. The number of amides is 3. The van der Waals surface area contributed by atoms with Gasteiger partial charge < -0.3 is 20.3 Å². The van der Waals surface area contributed by atoms with Crippen LogP contribution in [0.1, 0.15) is 44.0 Å². The monoisotopic (exact) mass is 429 g/mol. The van der Waals surface area contributed by atoms with Crippen LogP contribution in [0.15, 0.2) is 18.2 Å². The van der Waals surface area contributed by atoms with Crippen LogP contribution >= 0.6 is 23.2 Å². The van der Waals surface area contributed by atoms with Gasteiger partial charge in [0.2, 0.25) is 5.91 Å². The maximum Gasteiger partial charge on any atom is 0.408 e. The van der Waals surface area contributed by atoms with Gasteiger partial charge in [-0.25, -0.2) is 4.79 Å². The van der Waals surface area contributed by atoms with Gasteiger partial charge in [0.1, 0.15) is 12.1 Å². The minimum absolute atomic E-state index is 0.0577. The van der Waals surface area contributed by atoms with Gasteiger partial charge in [0.25, 0.3) is 5.91 Å². The number of likely N-dealkylation sites (tertiary alicyclic amines) is 1. The summed E-state index contributed by atoms with van der Waals surface area (Å²) in [6.07, 6.45) is 0.604. The molecule has 9 heteroatoms. The topological polar surface area (TPSA) is 87.7 Å². The average Bonchev–Trinajstić information content (AvgIpc) is 2.59. The van der Waals surface area contributed by atoms with E-state index in [1.54, 1.807) is 43.9 Å². The normalized spacial score (nSPS) is 15.1. The molecule has 0 aliphatic carbocycles. The first-order chi connectivity index (χ1) is 13.0. The molecule has 2 N–H and O–H groups in total. The number of ether oxygens (including phenoxy) is 1. The minimum atomic E-state index is -0.636. The van der Waals surface area contributed by atoms with Crippen LogP contribution in [-0.4, -0.2) is 54.1 Å². The Bertz CT molecular complexity index is 741. The standard InChI is InChI=1S/C19H25Cl2N3O4/c1-19(2,3)28-18(27)22-11-16(25)23-13-6-8-24(9-7-13)17(26)14-5-4-12(20)10-15(14)21/h4-5,10,13H,6-9,11H2,1-3H3,(H,22,27)(H,23,25). The zero-order chi connectivity index (χ0) is 20.9. The Balaban J connectivity index is 1.76. The van der Waals surface area contributed by atoms with Crippen LogP contribution in [0.5, 0.6) is 0 Å². The Morgan fingerprint density at radius 2 is 1.82 bits per heavy atom. The molecule has 0 saturated carbocycles. The van der Waals surface area contributed by atoms with Crippen LogP contribution < -0.4 is 10.6 Å². The van der Waals surface area contributed by atoms with E-state index in [4.69, 9.17) is 27.9 Å². The highest BCUT2D eigenvalue weighted by molar-refractivity contribution is 6.36. The second-order valence-electron chi connectivity index (χ2n) is 7.61. The quantitative estimate of drug-likeness (QED) is 0.768. The van der Waals surface area contributed by atoms with Crippen molar-refractivity contribution < 1.29 is 19.1 Å². The summed E-state index contributed by atoms with van der Waals surface area (Å²) in [4.78, 5) is 37.9. The molecule has 1 aromatic carbocycles. The van der Waals surface area contributed by atoms with E-state index in [9.17, 15) is 14.4 Å². The van der Waals surface area contributed by atoms with Crippen LogP contribution in [0.3, 0.4) is 0 Å². The van der Waals surface area contributed by atoms with Crippen LogP contribution in [-0.2, 0) is 9.53 Å². The molecule has 28 heavy (non-hydrogen) atoms. The van der Waals surface area contributed by atoms with Crippen molar-refractivity contribution in [3.05, 3.63) is 33.8 Å². The SMILES string of the molecule is CC(C)(C)OC(=O)NCC(=O)NC1CCN(C(=O)c2ccc(Cl)cc2Cl)CC1. The molecule has 2 rings (SSSR count). The Hall–Kier alpha value is -1.99. The van der Waals surface area contributed by atoms with Gasteiger partial charge >= 0.3 is 6.09 Å². The highest BCUT2D eigenvalue weighted by Crippen LogP contribution is 2.23. The number of carbonyl (C=O) groups is 3. The van der Waals surface area contributed by atoms with Gasteiger partial charge in [-0.2, -0.15) is 0 Å². The van der Waals surface area contributed by atoms with Crippen molar-refractivity contribution in [2.24, 2.45) is 0 Å². The van der Waals surface area contributed by atoms with Gasteiger partial charge in [-0.3, -0.25) is 9.59 Å². The van der Waals surface area contributed by atoms with Crippen molar-refractivity contribution in [2.45, 2.75) is 45.3 Å². The largest absolute Gasteiger partial charge is 0.444 e. The molecule has 7 nitrogen and oxygen atoms in total. The lowest BCUT2D eigenvalue weighted by Crippen LogP contribution is -2.49. The minimum Gasteiger partial charge on any atom is -0.444 e. The van der Waals surface area contributed by atoms with Crippen LogP contribution in [0.25, 0.3) is 0 Å². The van der Waals surface area contributed by atoms with Crippen molar-refractivity contribution in [3.8, 4) is 0 Å². The molecule has 1 aliphatic heterocycles. The van der Waals surface area contributed by atoms with E-state index in [2.05, 4.69) is 10.6 Å². The predicted octanol–water partition coefficient (Wildman–Crippen LogP) is 3.24. The molecule has 1 saturated heterocycles. The van der Waals surface area contributed by atoms with Crippen LogP contribution in [0, 0.1) is 0 Å². The van der Waals surface area contributed by atoms with Gasteiger partial charge in [0.05, 0.1) is 10.6 Å². The fourth-order valence-electron chi connectivity index (χ4n) is 2.81. The van der Waals surface area contributed by atoms with Crippen molar-refractivity contribution in [1.82, 2.24) is 15.5 Å². The number of hydrogen-bond acceptors (Lipinski definition) is 4. The van der Waals surface area contributed by atoms with Crippen LogP contribution in [0.2, 0.25) is 10.0 Å². The number of nitrogens with zero attached hydrogens (tertiary/aromatic N) is 1. The zero-order valence-electron chi connectivity index (χ0n) is 16.2. The highest BCUT2D eigenvalue weighted by Gasteiger charge is 2.26. The highest BCUT2D eigenvalue weighted by atomic mass is 35.5. The summed E-state index contributed by atoms with van der Waals surface area (Å²) in [7, 11) is 0.